The van der Waals surface area contributed by atoms with Gasteiger partial charge in [0.1, 0.15) is 6.10 Å². The van der Waals surface area contributed by atoms with Gasteiger partial charge in [-0.25, -0.2) is 0 Å². The molecule has 3 aliphatic rings. The number of esters is 2. The summed E-state index contributed by atoms with van der Waals surface area (Å²) < 4.78 is 10.5. The summed E-state index contributed by atoms with van der Waals surface area (Å²) in [7, 11) is 0. The lowest BCUT2D eigenvalue weighted by Gasteiger charge is -2.22. The fourth-order valence-corrected chi connectivity index (χ4v) is 4.61. The lowest BCUT2D eigenvalue weighted by molar-refractivity contribution is -0.157. The number of nitrogens with one attached hydrogen (secondary N) is 1. The van der Waals surface area contributed by atoms with Crippen LogP contribution in [0, 0.1) is 37.5 Å². The molecule has 1 heterocycles. The van der Waals surface area contributed by atoms with Crippen LogP contribution in [0.1, 0.15) is 24.0 Å². The predicted molar refractivity (Wildman–Crippen MR) is 88.6 cm³/mol. The van der Waals surface area contributed by atoms with Gasteiger partial charge in [-0.3, -0.25) is 14.4 Å². The minimum Gasteiger partial charge on any atom is -0.462 e. The van der Waals surface area contributed by atoms with Crippen LogP contribution in [0.2, 0.25) is 0 Å². The van der Waals surface area contributed by atoms with Crippen molar-refractivity contribution in [2.45, 2.75) is 32.8 Å². The van der Waals surface area contributed by atoms with Gasteiger partial charge in [0, 0.05) is 11.6 Å². The molecule has 1 aromatic carbocycles. The molecule has 0 unspecified atom stereocenters. The molecule has 0 spiro atoms. The standard InChI is InChI=1S/C19H21NO5/c1-9-3-4-10(2)13(5-9)20-15(21)8-24-18(22)16-11-6-12-14(7-11)25-19(23)17(12)16/h3-5,11-12,14,16-17H,6-8H2,1-2H3,(H,20,21)/t11-,12+,14+,16-,17+/m1/s1. The molecule has 0 radical (unpaired) electrons. The van der Waals surface area contributed by atoms with Gasteiger partial charge in [-0.15, -0.1) is 0 Å². The molecule has 0 aromatic heterocycles. The Kier molecular flexibility index (Phi) is 3.78. The minimum absolute atomic E-state index is 0.0147. The molecular weight excluding hydrogens is 322 g/mol. The van der Waals surface area contributed by atoms with Crippen molar-refractivity contribution in [2.75, 3.05) is 11.9 Å². The van der Waals surface area contributed by atoms with Crippen LogP contribution in [0.15, 0.2) is 18.2 Å². The van der Waals surface area contributed by atoms with Gasteiger partial charge in [-0.2, -0.15) is 0 Å². The maximum absolute atomic E-state index is 12.4. The van der Waals surface area contributed by atoms with Crippen molar-refractivity contribution in [1.82, 2.24) is 0 Å². The van der Waals surface area contributed by atoms with E-state index in [0.717, 1.165) is 24.0 Å². The van der Waals surface area contributed by atoms with Gasteiger partial charge in [0.25, 0.3) is 5.91 Å². The number of carbonyl (C=O) groups is 3. The highest BCUT2D eigenvalue weighted by Crippen LogP contribution is 2.57. The number of fused-ring (bicyclic) bond motifs is 1. The zero-order valence-corrected chi connectivity index (χ0v) is 14.3. The van der Waals surface area contributed by atoms with Crippen molar-refractivity contribution in [2.24, 2.45) is 23.7 Å². The number of amides is 1. The van der Waals surface area contributed by atoms with Crippen LogP contribution in [0.25, 0.3) is 0 Å². The van der Waals surface area contributed by atoms with E-state index in [0.29, 0.717) is 5.69 Å². The second kappa shape index (κ2) is 5.86. The lowest BCUT2D eigenvalue weighted by atomic mass is 9.80. The molecule has 2 aliphatic carbocycles. The zero-order valence-electron chi connectivity index (χ0n) is 14.3. The summed E-state index contributed by atoms with van der Waals surface area (Å²) in [6.07, 6.45) is 1.57. The Morgan fingerprint density at radius 1 is 1.28 bits per heavy atom. The Bertz CT molecular complexity index is 756. The third kappa shape index (κ3) is 2.69. The van der Waals surface area contributed by atoms with Crippen LogP contribution in [0.3, 0.4) is 0 Å². The number of ether oxygens (including phenoxy) is 2. The summed E-state index contributed by atoms with van der Waals surface area (Å²) in [5.74, 6) is -1.65. The van der Waals surface area contributed by atoms with Gasteiger partial charge < -0.3 is 14.8 Å². The van der Waals surface area contributed by atoms with Crippen molar-refractivity contribution < 1.29 is 23.9 Å². The Hall–Kier alpha value is -2.37. The Labute approximate surface area is 145 Å². The van der Waals surface area contributed by atoms with Crippen molar-refractivity contribution in [3.63, 3.8) is 0 Å². The Morgan fingerprint density at radius 3 is 2.88 bits per heavy atom. The topological polar surface area (TPSA) is 81.7 Å². The highest BCUT2D eigenvalue weighted by molar-refractivity contribution is 5.94. The maximum atomic E-state index is 12.4. The molecule has 2 saturated carbocycles. The second-order valence-corrected chi connectivity index (χ2v) is 7.40. The van der Waals surface area contributed by atoms with E-state index in [1.54, 1.807) is 0 Å². The fraction of sp³-hybridized carbons (Fsp3) is 0.526. The summed E-state index contributed by atoms with van der Waals surface area (Å²) in [4.78, 5) is 36.5. The molecule has 132 valence electrons. The number of hydrogen-bond donors (Lipinski definition) is 1. The van der Waals surface area contributed by atoms with Crippen LogP contribution in [0.5, 0.6) is 0 Å². The average Bonchev–Trinajstić information content (AvgIpc) is 3.18. The molecule has 1 N–H and O–H groups in total. The minimum atomic E-state index is -0.454. The Morgan fingerprint density at radius 2 is 2.08 bits per heavy atom. The molecule has 1 aliphatic heterocycles. The van der Waals surface area contributed by atoms with Gasteiger partial charge in [0.05, 0.1) is 11.8 Å². The molecule has 2 bridgehead atoms. The number of carbonyl (C=O) groups excluding carboxylic acids is 3. The SMILES string of the molecule is Cc1ccc(C)c(NC(=O)COC(=O)[C@@H]2[C@@H]3C[C@@H]4[C@@H]2C(=O)O[C@H]4C3)c1. The first-order valence-corrected chi connectivity index (χ1v) is 8.68. The van der Waals surface area contributed by atoms with Gasteiger partial charge in [0.15, 0.2) is 6.61 Å². The Balaban J connectivity index is 1.35. The maximum Gasteiger partial charge on any atom is 0.310 e. The van der Waals surface area contributed by atoms with E-state index < -0.39 is 11.9 Å². The van der Waals surface area contributed by atoms with E-state index in [4.69, 9.17) is 9.47 Å². The smallest absolute Gasteiger partial charge is 0.310 e. The first-order chi connectivity index (χ1) is 11.9. The highest BCUT2D eigenvalue weighted by atomic mass is 16.6. The van der Waals surface area contributed by atoms with E-state index in [1.807, 2.05) is 32.0 Å². The first-order valence-electron chi connectivity index (χ1n) is 8.68. The third-order valence-electron chi connectivity index (χ3n) is 5.77. The molecule has 25 heavy (non-hydrogen) atoms. The van der Waals surface area contributed by atoms with Crippen LogP contribution in [-0.4, -0.2) is 30.6 Å². The van der Waals surface area contributed by atoms with Gasteiger partial charge in [-0.05, 0) is 49.8 Å². The van der Waals surface area contributed by atoms with Crippen LogP contribution in [-0.2, 0) is 23.9 Å². The first kappa shape index (κ1) is 16.1. The van der Waals surface area contributed by atoms with Crippen LogP contribution < -0.4 is 5.32 Å². The molecular formula is C19H21NO5. The summed E-state index contributed by atoms with van der Waals surface area (Å²) in [6.45, 7) is 3.50. The average molecular weight is 343 g/mol. The van der Waals surface area contributed by atoms with E-state index in [2.05, 4.69) is 5.32 Å². The molecule has 6 nitrogen and oxygen atoms in total. The zero-order chi connectivity index (χ0) is 17.7. The quantitative estimate of drug-likeness (QED) is 0.846. The molecule has 5 atom stereocenters. The second-order valence-electron chi connectivity index (χ2n) is 7.40. The van der Waals surface area contributed by atoms with Crippen molar-refractivity contribution >= 4 is 23.5 Å². The number of rotatable bonds is 4. The molecule has 3 fully saturated rings. The summed E-state index contributed by atoms with van der Waals surface area (Å²) in [5, 5.41) is 2.77. The van der Waals surface area contributed by atoms with Gasteiger partial charge in [-0.1, -0.05) is 12.1 Å². The summed E-state index contributed by atoms with van der Waals surface area (Å²) in [5.41, 5.74) is 2.69. The van der Waals surface area contributed by atoms with Crippen LogP contribution >= 0.6 is 0 Å². The summed E-state index contributed by atoms with van der Waals surface area (Å²) in [6, 6.07) is 5.77. The van der Waals surface area contributed by atoms with Gasteiger partial charge in [0.2, 0.25) is 0 Å². The number of hydrogen-bond acceptors (Lipinski definition) is 5. The molecule has 6 heteroatoms. The van der Waals surface area contributed by atoms with Gasteiger partial charge >= 0.3 is 11.9 Å². The molecule has 1 amide bonds. The number of benzene rings is 1. The number of anilines is 1. The van der Waals surface area contributed by atoms with E-state index in [9.17, 15) is 14.4 Å². The predicted octanol–water partition coefficient (Wildman–Crippen LogP) is 1.98. The van der Waals surface area contributed by atoms with E-state index >= 15 is 0 Å². The van der Waals surface area contributed by atoms with Crippen molar-refractivity contribution in [3.8, 4) is 0 Å². The highest BCUT2D eigenvalue weighted by Gasteiger charge is 2.64. The number of aryl methyl sites for hydroxylation is 2. The third-order valence-corrected chi connectivity index (χ3v) is 5.77. The lowest BCUT2D eigenvalue weighted by Crippen LogP contribution is -2.35. The largest absolute Gasteiger partial charge is 0.462 e. The summed E-state index contributed by atoms with van der Waals surface area (Å²) >= 11 is 0. The normalized spacial score (nSPS) is 31.8. The van der Waals surface area contributed by atoms with E-state index in [1.165, 1.54) is 0 Å². The van der Waals surface area contributed by atoms with E-state index in [-0.39, 0.29) is 42.3 Å². The monoisotopic (exact) mass is 343 g/mol. The fourth-order valence-electron chi connectivity index (χ4n) is 4.61. The van der Waals surface area contributed by atoms with Crippen molar-refractivity contribution in [3.05, 3.63) is 29.3 Å². The molecule has 1 aromatic rings. The van der Waals surface area contributed by atoms with Crippen molar-refractivity contribution in [1.29, 1.82) is 0 Å². The molecule has 1 saturated heterocycles. The van der Waals surface area contributed by atoms with Crippen LogP contribution in [0.4, 0.5) is 5.69 Å². The molecule has 4 rings (SSSR count).